The first-order valence-electron chi connectivity index (χ1n) is 6.00. The summed E-state index contributed by atoms with van der Waals surface area (Å²) in [5.41, 5.74) is 1.96. The van der Waals surface area contributed by atoms with E-state index in [2.05, 4.69) is 13.0 Å². The predicted molar refractivity (Wildman–Crippen MR) is 67.7 cm³/mol. The average Bonchev–Trinajstić information content (AvgIpc) is 2.14. The van der Waals surface area contributed by atoms with Crippen molar-refractivity contribution in [3.05, 3.63) is 23.3 Å². The molecule has 3 heteroatoms. The van der Waals surface area contributed by atoms with Crippen molar-refractivity contribution >= 4 is 5.97 Å². The van der Waals surface area contributed by atoms with Crippen LogP contribution in [-0.2, 0) is 14.3 Å². The van der Waals surface area contributed by atoms with E-state index in [1.54, 1.807) is 0 Å². The zero-order chi connectivity index (χ0) is 13.1. The van der Waals surface area contributed by atoms with Gasteiger partial charge in [-0.25, -0.2) is 0 Å². The van der Waals surface area contributed by atoms with Crippen LogP contribution in [0.1, 0.15) is 41.0 Å². The molecule has 1 aliphatic heterocycles. The third kappa shape index (κ3) is 3.70. The standard InChI is InChI=1S/C14H22O3/c1-6-7-12-8-10(2)13(9-16-11(3)15)14(4,5)17-12/h6-7,12H,8-9H2,1-5H3/b7-6+. The second-order valence-corrected chi connectivity index (χ2v) is 4.94. The highest BCUT2D eigenvalue weighted by molar-refractivity contribution is 5.66. The van der Waals surface area contributed by atoms with Crippen molar-refractivity contribution in [1.29, 1.82) is 0 Å². The molecule has 96 valence electrons. The minimum absolute atomic E-state index is 0.121. The van der Waals surface area contributed by atoms with Crippen molar-refractivity contribution in [2.24, 2.45) is 0 Å². The largest absolute Gasteiger partial charge is 0.461 e. The first kappa shape index (κ1) is 14.0. The minimum Gasteiger partial charge on any atom is -0.461 e. The highest BCUT2D eigenvalue weighted by Gasteiger charge is 2.33. The molecular weight excluding hydrogens is 216 g/mol. The van der Waals surface area contributed by atoms with Crippen molar-refractivity contribution in [3.8, 4) is 0 Å². The third-order valence-electron chi connectivity index (χ3n) is 3.02. The van der Waals surface area contributed by atoms with Crippen LogP contribution in [0.2, 0.25) is 0 Å². The molecule has 0 aromatic carbocycles. The monoisotopic (exact) mass is 238 g/mol. The van der Waals surface area contributed by atoms with Gasteiger partial charge >= 0.3 is 5.97 Å². The van der Waals surface area contributed by atoms with Gasteiger partial charge in [-0.15, -0.1) is 0 Å². The van der Waals surface area contributed by atoms with Crippen molar-refractivity contribution in [2.45, 2.75) is 52.7 Å². The molecule has 3 nitrogen and oxygen atoms in total. The van der Waals surface area contributed by atoms with E-state index < -0.39 is 0 Å². The molecule has 1 rings (SSSR count). The van der Waals surface area contributed by atoms with E-state index in [1.807, 2.05) is 26.8 Å². The summed E-state index contributed by atoms with van der Waals surface area (Å²) in [6.45, 7) is 9.87. The Bertz CT molecular complexity index is 350. The van der Waals surface area contributed by atoms with Gasteiger partial charge in [-0.05, 0) is 39.7 Å². The molecule has 0 fully saturated rings. The SMILES string of the molecule is C/C=C/C1CC(C)=C(COC(C)=O)C(C)(C)O1. The Hall–Kier alpha value is -1.09. The van der Waals surface area contributed by atoms with Crippen molar-refractivity contribution in [1.82, 2.24) is 0 Å². The Kier molecular flexibility index (Phi) is 4.52. The highest BCUT2D eigenvalue weighted by atomic mass is 16.5. The second-order valence-electron chi connectivity index (χ2n) is 4.94. The molecule has 0 radical (unpaired) electrons. The van der Waals surface area contributed by atoms with Crippen LogP contribution in [-0.4, -0.2) is 24.3 Å². The van der Waals surface area contributed by atoms with Crippen molar-refractivity contribution in [2.75, 3.05) is 6.61 Å². The number of ether oxygens (including phenoxy) is 2. The van der Waals surface area contributed by atoms with Gasteiger partial charge in [-0.2, -0.15) is 0 Å². The fourth-order valence-corrected chi connectivity index (χ4v) is 2.22. The van der Waals surface area contributed by atoms with E-state index in [4.69, 9.17) is 9.47 Å². The molecule has 0 bridgehead atoms. The summed E-state index contributed by atoms with van der Waals surface area (Å²) in [5.74, 6) is -0.253. The van der Waals surface area contributed by atoms with Crippen LogP contribution in [0.15, 0.2) is 23.3 Å². The maximum Gasteiger partial charge on any atom is 0.302 e. The summed E-state index contributed by atoms with van der Waals surface area (Å²) in [6, 6.07) is 0. The van der Waals surface area contributed by atoms with Crippen LogP contribution in [0, 0.1) is 0 Å². The lowest BCUT2D eigenvalue weighted by Crippen LogP contribution is -2.39. The molecule has 0 aliphatic carbocycles. The van der Waals surface area contributed by atoms with E-state index in [1.165, 1.54) is 12.5 Å². The van der Waals surface area contributed by atoms with Gasteiger partial charge < -0.3 is 9.47 Å². The highest BCUT2D eigenvalue weighted by Crippen LogP contribution is 2.34. The number of allylic oxidation sites excluding steroid dienone is 1. The minimum atomic E-state index is -0.373. The summed E-state index contributed by atoms with van der Waals surface area (Å²) in [6.07, 6.45) is 5.06. The fraction of sp³-hybridized carbons (Fsp3) is 0.643. The normalized spacial score (nSPS) is 24.2. The first-order chi connectivity index (χ1) is 7.86. The Labute approximate surface area is 103 Å². The molecule has 1 heterocycles. The predicted octanol–water partition coefficient (Wildman–Crippen LogP) is 3.01. The maximum atomic E-state index is 10.9. The van der Waals surface area contributed by atoms with E-state index in [9.17, 15) is 4.79 Å². The molecule has 1 aliphatic rings. The van der Waals surface area contributed by atoms with Crippen LogP contribution in [0.25, 0.3) is 0 Å². The summed E-state index contributed by atoms with van der Waals surface area (Å²) < 4.78 is 11.1. The van der Waals surface area contributed by atoms with Crippen molar-refractivity contribution in [3.63, 3.8) is 0 Å². The molecule has 0 aromatic rings. The van der Waals surface area contributed by atoms with Crippen LogP contribution in [0.3, 0.4) is 0 Å². The van der Waals surface area contributed by atoms with E-state index in [0.717, 1.165) is 12.0 Å². The first-order valence-corrected chi connectivity index (χ1v) is 6.00. The van der Waals surface area contributed by atoms with Gasteiger partial charge in [0, 0.05) is 6.92 Å². The number of hydrogen-bond acceptors (Lipinski definition) is 3. The molecule has 0 spiro atoms. The lowest BCUT2D eigenvalue weighted by Gasteiger charge is -2.38. The van der Waals surface area contributed by atoms with Crippen LogP contribution in [0.5, 0.6) is 0 Å². The lowest BCUT2D eigenvalue weighted by molar-refractivity contribution is -0.141. The van der Waals surface area contributed by atoms with Crippen LogP contribution < -0.4 is 0 Å². The summed E-state index contributed by atoms with van der Waals surface area (Å²) in [4.78, 5) is 10.9. The van der Waals surface area contributed by atoms with Gasteiger partial charge in [0.1, 0.15) is 6.61 Å². The van der Waals surface area contributed by atoms with Crippen LogP contribution >= 0.6 is 0 Å². The molecular formula is C14H22O3. The molecule has 1 atom stereocenters. The number of carbonyl (C=O) groups excluding carboxylic acids is 1. The summed E-state index contributed by atoms with van der Waals surface area (Å²) >= 11 is 0. The quantitative estimate of drug-likeness (QED) is 0.560. The van der Waals surface area contributed by atoms with Crippen molar-refractivity contribution < 1.29 is 14.3 Å². The Balaban J connectivity index is 2.85. The smallest absolute Gasteiger partial charge is 0.302 e. The Morgan fingerprint density at radius 1 is 1.59 bits per heavy atom. The number of carbonyl (C=O) groups is 1. The van der Waals surface area contributed by atoms with Gasteiger partial charge in [0.15, 0.2) is 0 Å². The van der Waals surface area contributed by atoms with Gasteiger partial charge in [-0.3, -0.25) is 4.79 Å². The molecule has 0 saturated carbocycles. The zero-order valence-corrected chi connectivity index (χ0v) is 11.4. The number of hydrogen-bond donors (Lipinski definition) is 0. The third-order valence-corrected chi connectivity index (χ3v) is 3.02. The van der Waals surface area contributed by atoms with E-state index >= 15 is 0 Å². The second kappa shape index (κ2) is 5.50. The maximum absolute atomic E-state index is 10.9. The lowest BCUT2D eigenvalue weighted by atomic mass is 9.87. The molecule has 1 unspecified atom stereocenters. The Morgan fingerprint density at radius 2 is 2.24 bits per heavy atom. The molecule has 0 aromatic heterocycles. The van der Waals surface area contributed by atoms with Gasteiger partial charge in [0.25, 0.3) is 0 Å². The van der Waals surface area contributed by atoms with Gasteiger partial charge in [-0.1, -0.05) is 17.7 Å². The van der Waals surface area contributed by atoms with Crippen LogP contribution in [0.4, 0.5) is 0 Å². The fourth-order valence-electron chi connectivity index (χ4n) is 2.22. The molecule has 0 N–H and O–H groups in total. The van der Waals surface area contributed by atoms with Gasteiger partial charge in [0.2, 0.25) is 0 Å². The Morgan fingerprint density at radius 3 is 2.71 bits per heavy atom. The number of esters is 1. The molecule has 17 heavy (non-hydrogen) atoms. The number of rotatable bonds is 3. The van der Waals surface area contributed by atoms with Gasteiger partial charge in [0.05, 0.1) is 11.7 Å². The summed E-state index contributed by atoms with van der Waals surface area (Å²) in [5, 5.41) is 0. The van der Waals surface area contributed by atoms with E-state index in [0.29, 0.717) is 6.61 Å². The topological polar surface area (TPSA) is 35.5 Å². The van der Waals surface area contributed by atoms with E-state index in [-0.39, 0.29) is 17.7 Å². The molecule has 0 saturated heterocycles. The zero-order valence-electron chi connectivity index (χ0n) is 11.4. The molecule has 0 amide bonds. The summed E-state index contributed by atoms with van der Waals surface area (Å²) in [7, 11) is 0. The average molecular weight is 238 g/mol.